The molecule has 3 rings (SSSR count). The molecule has 0 atom stereocenters. The summed E-state index contributed by atoms with van der Waals surface area (Å²) in [6.45, 7) is 1.82. The first kappa shape index (κ1) is 15.5. The van der Waals surface area contributed by atoms with Crippen molar-refractivity contribution in [3.63, 3.8) is 0 Å². The van der Waals surface area contributed by atoms with Crippen LogP contribution in [0.2, 0.25) is 0 Å². The predicted molar refractivity (Wildman–Crippen MR) is 78.5 cm³/mol. The van der Waals surface area contributed by atoms with Crippen molar-refractivity contribution in [2.75, 3.05) is 5.32 Å². The van der Waals surface area contributed by atoms with Gasteiger partial charge in [0.1, 0.15) is 11.3 Å². The lowest BCUT2D eigenvalue weighted by atomic mass is 10.1. The molecule has 2 heterocycles. The summed E-state index contributed by atoms with van der Waals surface area (Å²) in [6, 6.07) is 6.96. The monoisotopic (exact) mass is 341 g/mol. The number of halogens is 3. The number of amides is 1. The molecule has 0 spiro atoms. The van der Waals surface area contributed by atoms with Gasteiger partial charge >= 0.3 is 6.18 Å². The van der Waals surface area contributed by atoms with Crippen molar-refractivity contribution in [3.05, 3.63) is 40.6 Å². The van der Waals surface area contributed by atoms with E-state index in [1.165, 1.54) is 0 Å². The van der Waals surface area contributed by atoms with Gasteiger partial charge < -0.3 is 4.42 Å². The van der Waals surface area contributed by atoms with Gasteiger partial charge in [-0.2, -0.15) is 13.2 Å². The van der Waals surface area contributed by atoms with Crippen LogP contribution in [0.5, 0.6) is 0 Å². The van der Waals surface area contributed by atoms with Crippen LogP contribution in [-0.2, 0) is 12.6 Å². The smallest absolute Gasteiger partial charge is 0.445 e. The molecule has 0 radical (unpaired) electrons. The molecule has 0 saturated heterocycles. The molecular weight excluding hydrogens is 331 g/mol. The number of rotatable bonds is 3. The Morgan fingerprint density at radius 1 is 1.30 bits per heavy atom. The molecule has 1 aromatic carbocycles. The summed E-state index contributed by atoms with van der Waals surface area (Å²) >= 11 is 0.274. The zero-order chi connectivity index (χ0) is 16.6. The molecule has 1 N–H and O–H groups in total. The van der Waals surface area contributed by atoms with E-state index in [9.17, 15) is 18.0 Å². The third-order valence-corrected chi connectivity index (χ3v) is 3.99. The second kappa shape index (κ2) is 5.65. The Kier molecular flexibility index (Phi) is 3.80. The SMILES string of the molecule is CCc1oc2ccccc2c1C(=O)Nc1nnc(C(F)(F)F)s1. The van der Waals surface area contributed by atoms with Crippen LogP contribution in [0.3, 0.4) is 0 Å². The Morgan fingerprint density at radius 3 is 2.70 bits per heavy atom. The molecule has 9 heteroatoms. The molecule has 23 heavy (non-hydrogen) atoms. The number of nitrogens with zero attached hydrogens (tertiary/aromatic N) is 2. The first-order chi connectivity index (χ1) is 10.9. The van der Waals surface area contributed by atoms with Gasteiger partial charge in [-0.05, 0) is 6.07 Å². The topological polar surface area (TPSA) is 68.0 Å². The molecule has 0 aliphatic rings. The molecule has 1 amide bonds. The van der Waals surface area contributed by atoms with E-state index in [1.54, 1.807) is 24.3 Å². The van der Waals surface area contributed by atoms with Crippen molar-refractivity contribution in [1.29, 1.82) is 0 Å². The molecule has 0 unspecified atom stereocenters. The normalized spacial score (nSPS) is 11.8. The molecular formula is C14H10F3N3O2S. The summed E-state index contributed by atoms with van der Waals surface area (Å²) in [6.07, 6.45) is -4.11. The third kappa shape index (κ3) is 2.91. The maximum Gasteiger partial charge on any atom is 0.445 e. The Bertz CT molecular complexity index is 870. The average Bonchev–Trinajstić information content (AvgIpc) is 3.10. The van der Waals surface area contributed by atoms with E-state index in [4.69, 9.17) is 4.42 Å². The van der Waals surface area contributed by atoms with Crippen LogP contribution >= 0.6 is 11.3 Å². The summed E-state index contributed by atoms with van der Waals surface area (Å²) in [4.78, 5) is 12.4. The molecule has 0 aliphatic carbocycles. The molecule has 0 saturated carbocycles. The Balaban J connectivity index is 1.93. The first-order valence-electron chi connectivity index (χ1n) is 6.62. The largest absolute Gasteiger partial charge is 0.460 e. The highest BCUT2D eigenvalue weighted by atomic mass is 32.1. The van der Waals surface area contributed by atoms with Crippen LogP contribution in [0.4, 0.5) is 18.3 Å². The van der Waals surface area contributed by atoms with E-state index in [2.05, 4.69) is 15.5 Å². The summed E-state index contributed by atoms with van der Waals surface area (Å²) in [7, 11) is 0. The fourth-order valence-electron chi connectivity index (χ4n) is 2.14. The van der Waals surface area contributed by atoms with Crippen molar-refractivity contribution in [2.45, 2.75) is 19.5 Å². The Labute approximate surface area is 132 Å². The molecule has 5 nitrogen and oxygen atoms in total. The number of carbonyl (C=O) groups is 1. The minimum absolute atomic E-state index is 0.213. The predicted octanol–water partition coefficient (Wildman–Crippen LogP) is 4.12. The van der Waals surface area contributed by atoms with Crippen LogP contribution in [0.15, 0.2) is 28.7 Å². The van der Waals surface area contributed by atoms with Gasteiger partial charge in [-0.25, -0.2) is 0 Å². The average molecular weight is 341 g/mol. The fraction of sp³-hybridized carbons (Fsp3) is 0.214. The number of para-hydroxylation sites is 1. The number of carbonyl (C=O) groups excluding carboxylic acids is 1. The van der Waals surface area contributed by atoms with Gasteiger partial charge in [0.15, 0.2) is 0 Å². The van der Waals surface area contributed by atoms with Gasteiger partial charge in [0.2, 0.25) is 10.1 Å². The number of alkyl halides is 3. The number of benzene rings is 1. The molecule has 2 aromatic heterocycles. The van der Waals surface area contributed by atoms with E-state index in [1.807, 2.05) is 6.92 Å². The number of aromatic nitrogens is 2. The Morgan fingerprint density at radius 2 is 2.04 bits per heavy atom. The lowest BCUT2D eigenvalue weighted by Crippen LogP contribution is -2.13. The van der Waals surface area contributed by atoms with Crippen LogP contribution in [0, 0.1) is 0 Å². The van der Waals surface area contributed by atoms with Gasteiger partial charge in [0.05, 0.1) is 5.56 Å². The van der Waals surface area contributed by atoms with Gasteiger partial charge in [-0.15, -0.1) is 10.2 Å². The quantitative estimate of drug-likeness (QED) is 0.778. The number of nitrogens with one attached hydrogen (secondary N) is 1. The van der Waals surface area contributed by atoms with Gasteiger partial charge in [0.25, 0.3) is 5.91 Å². The van der Waals surface area contributed by atoms with Crippen molar-refractivity contribution >= 4 is 33.3 Å². The highest BCUT2D eigenvalue weighted by Gasteiger charge is 2.36. The summed E-state index contributed by atoms with van der Waals surface area (Å²) in [5, 5.41) is 8.01. The molecule has 0 aliphatic heterocycles. The molecule has 3 aromatic rings. The summed E-state index contributed by atoms with van der Waals surface area (Å²) < 4.78 is 43.2. The number of hydrogen-bond acceptors (Lipinski definition) is 5. The Hall–Kier alpha value is -2.42. The summed E-state index contributed by atoms with van der Waals surface area (Å²) in [5.74, 6) is -0.110. The van der Waals surface area contributed by atoms with E-state index < -0.39 is 17.1 Å². The maximum absolute atomic E-state index is 12.5. The van der Waals surface area contributed by atoms with Crippen LogP contribution in [-0.4, -0.2) is 16.1 Å². The van der Waals surface area contributed by atoms with Crippen molar-refractivity contribution in [1.82, 2.24) is 10.2 Å². The molecule has 120 valence electrons. The summed E-state index contributed by atoms with van der Waals surface area (Å²) in [5.41, 5.74) is 0.842. The van der Waals surface area contributed by atoms with Crippen molar-refractivity contribution < 1.29 is 22.4 Å². The minimum atomic E-state index is -4.59. The number of fused-ring (bicyclic) bond motifs is 1. The molecule has 0 bridgehead atoms. The van der Waals surface area contributed by atoms with Crippen LogP contribution in [0.25, 0.3) is 11.0 Å². The van der Waals surface area contributed by atoms with E-state index >= 15 is 0 Å². The van der Waals surface area contributed by atoms with Crippen LogP contribution < -0.4 is 5.32 Å². The minimum Gasteiger partial charge on any atom is -0.460 e. The lowest BCUT2D eigenvalue weighted by Gasteiger charge is -2.01. The van der Waals surface area contributed by atoms with Gasteiger partial charge in [0, 0.05) is 11.8 Å². The molecule has 0 fully saturated rings. The second-order valence-electron chi connectivity index (χ2n) is 4.61. The highest BCUT2D eigenvalue weighted by molar-refractivity contribution is 7.15. The van der Waals surface area contributed by atoms with Crippen molar-refractivity contribution in [3.8, 4) is 0 Å². The zero-order valence-electron chi connectivity index (χ0n) is 11.8. The van der Waals surface area contributed by atoms with E-state index in [0.717, 1.165) is 0 Å². The standard InChI is InChI=1S/C14H10F3N3O2S/c1-2-8-10(7-5-3-4-6-9(7)22-8)11(21)18-13-20-19-12(23-13)14(15,16)17/h3-6H,2H2,1H3,(H,18,20,21). The lowest BCUT2D eigenvalue weighted by molar-refractivity contribution is -0.138. The number of aryl methyl sites for hydroxylation is 1. The first-order valence-corrected chi connectivity index (χ1v) is 7.44. The number of furan rings is 1. The van der Waals surface area contributed by atoms with Crippen molar-refractivity contribution in [2.24, 2.45) is 0 Å². The third-order valence-electron chi connectivity index (χ3n) is 3.10. The zero-order valence-corrected chi connectivity index (χ0v) is 12.6. The number of hydrogen-bond donors (Lipinski definition) is 1. The fourth-order valence-corrected chi connectivity index (χ4v) is 2.75. The second-order valence-corrected chi connectivity index (χ2v) is 5.59. The van der Waals surface area contributed by atoms with E-state index in [-0.39, 0.29) is 16.5 Å². The number of anilines is 1. The van der Waals surface area contributed by atoms with Gasteiger partial charge in [-0.1, -0.05) is 36.5 Å². The maximum atomic E-state index is 12.5. The van der Waals surface area contributed by atoms with Crippen LogP contribution in [0.1, 0.15) is 28.0 Å². The van der Waals surface area contributed by atoms with Gasteiger partial charge in [-0.3, -0.25) is 10.1 Å². The highest BCUT2D eigenvalue weighted by Crippen LogP contribution is 2.33. The van der Waals surface area contributed by atoms with E-state index in [0.29, 0.717) is 28.7 Å².